The van der Waals surface area contributed by atoms with Gasteiger partial charge >= 0.3 is 6.16 Å². The largest absolute Gasteiger partial charge is 0.508 e. The van der Waals surface area contributed by atoms with Gasteiger partial charge in [-0.3, -0.25) is 0 Å². The van der Waals surface area contributed by atoms with E-state index in [9.17, 15) is 4.79 Å². The number of carbonyl (C=O) groups excluding carboxylic acids is 1. The van der Waals surface area contributed by atoms with Crippen molar-refractivity contribution in [3.8, 4) is 0 Å². The molecule has 0 saturated carbocycles. The number of allylic oxidation sites excluding steroid dienone is 4. The summed E-state index contributed by atoms with van der Waals surface area (Å²) < 4.78 is 10.4. The Balaban J connectivity index is -0.000000960. The van der Waals surface area contributed by atoms with E-state index >= 15 is 0 Å². The summed E-state index contributed by atoms with van der Waals surface area (Å²) in [6.45, 7) is 10.7. The molecule has 0 aromatic rings. The Morgan fingerprint density at radius 2 is 1.39 bits per heavy atom. The zero-order valence-corrected chi connectivity index (χ0v) is 17.2. The maximum absolute atomic E-state index is 11.6. The van der Waals surface area contributed by atoms with Gasteiger partial charge in [0, 0.05) is 0 Å². The van der Waals surface area contributed by atoms with Crippen LogP contribution < -0.4 is 0 Å². The van der Waals surface area contributed by atoms with Crippen molar-refractivity contribution in [3.63, 3.8) is 0 Å². The molecule has 0 fully saturated rings. The number of unbranched alkanes of at least 4 members (excludes halogenated alkanes) is 6. The van der Waals surface area contributed by atoms with Gasteiger partial charge in [0.25, 0.3) is 0 Å². The van der Waals surface area contributed by atoms with Crippen molar-refractivity contribution in [2.24, 2.45) is 5.41 Å². The predicted octanol–water partition coefficient (Wildman–Crippen LogP) is 9.13. The first-order valence-corrected chi connectivity index (χ1v) is 10.0. The van der Waals surface area contributed by atoms with Gasteiger partial charge in [-0.15, -0.1) is 0 Å². The average molecular weight is 401 g/mol. The second-order valence-electron chi connectivity index (χ2n) is 7.72. The van der Waals surface area contributed by atoms with Crippen LogP contribution in [0, 0.1) is 5.41 Å². The third-order valence-electron chi connectivity index (χ3n) is 4.32. The number of hydrogen-bond donors (Lipinski definition) is 0. The minimum Gasteiger partial charge on any atom is -0.434 e. The van der Waals surface area contributed by atoms with Crippen LogP contribution in [0.3, 0.4) is 0 Å². The highest BCUT2D eigenvalue weighted by Gasteiger charge is 2.24. The third kappa shape index (κ3) is 22.8. The average Bonchev–Trinajstić information content (AvgIpc) is 2.54. The van der Waals surface area contributed by atoms with E-state index in [0.717, 1.165) is 25.7 Å². The Kier molecular flexibility index (Phi) is 27.0. The molecule has 0 heterocycles. The highest BCUT2D eigenvalue weighted by molar-refractivity contribution is 5.60. The lowest BCUT2D eigenvalue weighted by Gasteiger charge is -2.26. The Labute approximate surface area is 178 Å². The summed E-state index contributed by atoms with van der Waals surface area (Å²) in [6, 6.07) is 0. The molecule has 1 unspecified atom stereocenters. The predicted molar refractivity (Wildman–Crippen MR) is 127 cm³/mol. The molecule has 0 aliphatic heterocycles. The lowest BCUT2D eigenvalue weighted by atomic mass is 9.90. The van der Waals surface area contributed by atoms with Crippen molar-refractivity contribution in [3.05, 3.63) is 24.3 Å². The topological polar surface area (TPSA) is 35.5 Å². The van der Waals surface area contributed by atoms with Crippen LogP contribution in [-0.2, 0) is 9.47 Å². The van der Waals surface area contributed by atoms with Crippen LogP contribution in [0.1, 0.15) is 115 Å². The number of hydrogen-bond acceptors (Lipinski definition) is 3. The molecule has 28 heavy (non-hydrogen) atoms. The van der Waals surface area contributed by atoms with Gasteiger partial charge in [-0.05, 0) is 44.4 Å². The van der Waals surface area contributed by atoms with E-state index in [2.05, 4.69) is 31.2 Å². The molecular formula is C25H52O3. The van der Waals surface area contributed by atoms with Crippen molar-refractivity contribution in [1.82, 2.24) is 0 Å². The van der Waals surface area contributed by atoms with Crippen molar-refractivity contribution in [1.29, 1.82) is 0 Å². The lowest BCUT2D eigenvalue weighted by Crippen LogP contribution is -2.29. The summed E-state index contributed by atoms with van der Waals surface area (Å²) in [5, 5.41) is 0. The standard InChI is InChI=1S/C22H40O3.3CH4/c1-6-7-8-9-10-11-12-13-14-15-16-17-18-19-24-21(23)25-20(2)22(3,4)5;;;/h7-8,10-11,20H,6,9,12-19H2,1-5H3;3*1H4/b8-7-,11-10-;;;. The summed E-state index contributed by atoms with van der Waals surface area (Å²) in [5.41, 5.74) is -0.0551. The fraction of sp³-hybridized carbons (Fsp3) is 0.800. The van der Waals surface area contributed by atoms with Gasteiger partial charge in [0.2, 0.25) is 0 Å². The number of ether oxygens (including phenoxy) is 2. The van der Waals surface area contributed by atoms with Crippen LogP contribution in [0.4, 0.5) is 4.79 Å². The van der Waals surface area contributed by atoms with E-state index < -0.39 is 6.16 Å². The molecule has 1 atom stereocenters. The first-order chi connectivity index (χ1) is 11.9. The van der Waals surface area contributed by atoms with Crippen LogP contribution in [0.5, 0.6) is 0 Å². The van der Waals surface area contributed by atoms with E-state index in [1.54, 1.807) is 0 Å². The maximum atomic E-state index is 11.6. The smallest absolute Gasteiger partial charge is 0.434 e. The van der Waals surface area contributed by atoms with Crippen LogP contribution in [0.2, 0.25) is 0 Å². The van der Waals surface area contributed by atoms with Gasteiger partial charge in [0.1, 0.15) is 6.10 Å². The lowest BCUT2D eigenvalue weighted by molar-refractivity contribution is -0.00897. The summed E-state index contributed by atoms with van der Waals surface area (Å²) >= 11 is 0. The second-order valence-corrected chi connectivity index (χ2v) is 7.72. The van der Waals surface area contributed by atoms with Gasteiger partial charge in [-0.1, -0.05) is 100.0 Å². The Morgan fingerprint density at radius 3 is 1.96 bits per heavy atom. The van der Waals surface area contributed by atoms with Crippen LogP contribution >= 0.6 is 0 Å². The Morgan fingerprint density at radius 1 is 0.857 bits per heavy atom. The van der Waals surface area contributed by atoms with Crippen LogP contribution in [0.15, 0.2) is 24.3 Å². The van der Waals surface area contributed by atoms with Gasteiger partial charge in [-0.2, -0.15) is 0 Å². The first kappa shape index (κ1) is 34.3. The minimum absolute atomic E-state index is 0. The van der Waals surface area contributed by atoms with Crippen molar-refractivity contribution in [2.75, 3.05) is 6.61 Å². The SMILES string of the molecule is C.C.C.CC/C=C\C/C=C\CCCCCCCCOC(=O)OC(C)C(C)(C)C. The second kappa shape index (κ2) is 22.0. The Bertz CT molecular complexity index is 378. The van der Waals surface area contributed by atoms with Crippen molar-refractivity contribution in [2.45, 2.75) is 121 Å². The first-order valence-electron chi connectivity index (χ1n) is 10.0. The fourth-order valence-electron chi connectivity index (χ4n) is 2.14. The molecule has 0 spiro atoms. The van der Waals surface area contributed by atoms with Crippen LogP contribution in [-0.4, -0.2) is 18.9 Å². The van der Waals surface area contributed by atoms with Crippen molar-refractivity contribution < 1.29 is 14.3 Å². The molecule has 0 N–H and O–H groups in total. The minimum atomic E-state index is -0.539. The molecule has 0 aromatic carbocycles. The van der Waals surface area contributed by atoms with Crippen LogP contribution in [0.25, 0.3) is 0 Å². The van der Waals surface area contributed by atoms with E-state index in [1.807, 2.05) is 27.7 Å². The van der Waals surface area contributed by atoms with Gasteiger partial charge in [-0.25, -0.2) is 4.79 Å². The number of carbonyl (C=O) groups is 1. The van der Waals surface area contributed by atoms with Gasteiger partial charge in [0.05, 0.1) is 6.61 Å². The highest BCUT2D eigenvalue weighted by Crippen LogP contribution is 2.22. The summed E-state index contributed by atoms with van der Waals surface area (Å²) in [6.07, 6.45) is 18.7. The summed E-state index contributed by atoms with van der Waals surface area (Å²) in [5.74, 6) is 0. The molecule has 0 amide bonds. The summed E-state index contributed by atoms with van der Waals surface area (Å²) in [7, 11) is 0. The molecule has 0 radical (unpaired) electrons. The molecule has 0 aliphatic rings. The molecule has 3 heteroatoms. The zero-order valence-electron chi connectivity index (χ0n) is 17.2. The quantitative estimate of drug-likeness (QED) is 0.176. The highest BCUT2D eigenvalue weighted by atomic mass is 16.7. The molecule has 0 bridgehead atoms. The molecule has 3 nitrogen and oxygen atoms in total. The fourth-order valence-corrected chi connectivity index (χ4v) is 2.14. The molecule has 170 valence electrons. The molecule has 0 rings (SSSR count). The van der Waals surface area contributed by atoms with E-state index in [4.69, 9.17) is 9.47 Å². The van der Waals surface area contributed by atoms with Crippen molar-refractivity contribution >= 4 is 6.16 Å². The van der Waals surface area contributed by atoms with Gasteiger partial charge < -0.3 is 9.47 Å². The molecule has 0 saturated heterocycles. The zero-order chi connectivity index (χ0) is 19.0. The van der Waals surface area contributed by atoms with Gasteiger partial charge in [0.15, 0.2) is 0 Å². The monoisotopic (exact) mass is 400 g/mol. The maximum Gasteiger partial charge on any atom is 0.508 e. The van der Waals surface area contributed by atoms with E-state index in [1.165, 1.54) is 32.1 Å². The van der Waals surface area contributed by atoms with E-state index in [-0.39, 0.29) is 33.8 Å². The molecule has 0 aromatic heterocycles. The third-order valence-corrected chi connectivity index (χ3v) is 4.32. The Hall–Kier alpha value is -1.25. The normalized spacial score (nSPS) is 12.0. The summed E-state index contributed by atoms with van der Waals surface area (Å²) in [4.78, 5) is 11.6. The number of rotatable bonds is 13. The molecular weight excluding hydrogens is 348 g/mol. The van der Waals surface area contributed by atoms with E-state index in [0.29, 0.717) is 6.61 Å². The molecule has 0 aliphatic carbocycles.